The van der Waals surface area contributed by atoms with Gasteiger partial charge in [-0.25, -0.2) is 24.5 Å². The lowest BCUT2D eigenvalue weighted by Gasteiger charge is -2.39. The number of ether oxygens (including phenoxy) is 2. The normalized spacial score (nSPS) is 16.3. The first-order chi connectivity index (χ1) is 21.4. The maximum absolute atomic E-state index is 12.9. The third-order valence-corrected chi connectivity index (χ3v) is 7.70. The Bertz CT molecular complexity index is 1890. The van der Waals surface area contributed by atoms with E-state index in [2.05, 4.69) is 30.3 Å². The van der Waals surface area contributed by atoms with Crippen LogP contribution in [0.25, 0.3) is 16.7 Å². The Morgan fingerprint density at radius 1 is 1.14 bits per heavy atom. The number of benzene rings is 1. The van der Waals surface area contributed by atoms with Crippen LogP contribution >= 0.6 is 0 Å². The molecule has 2 aliphatic rings. The first-order valence-corrected chi connectivity index (χ1v) is 14.4. The number of hydrogen-bond donors (Lipinski definition) is 1. The van der Waals surface area contributed by atoms with E-state index in [-0.39, 0.29) is 11.9 Å². The molecule has 1 atom stereocenters. The SMILES string of the molecule is Cc1cc(Nc2ncnc3cc4c(nc23)N2CCN(C(=O)/C=C/CN(C)C)[C@@H](CO4)C2)ccc1Oc1ccn2ncnc2c1. The molecule has 1 saturated heterocycles. The molecule has 0 saturated carbocycles. The number of piperazine rings is 1. The van der Waals surface area contributed by atoms with Crippen molar-refractivity contribution in [2.45, 2.75) is 13.0 Å². The number of nitrogens with zero attached hydrogens (tertiary/aromatic N) is 9. The van der Waals surface area contributed by atoms with E-state index in [1.807, 2.05) is 79.5 Å². The second kappa shape index (κ2) is 11.4. The van der Waals surface area contributed by atoms with Crippen molar-refractivity contribution in [2.24, 2.45) is 0 Å². The standard InChI is InChI=1S/C31H32N10O3/c1-20-13-21(6-7-25(20)44-23-8-10-41-27(14-23)33-19-35-41)36-30-29-24(32-18-34-30)15-26-31(37-29)39-11-12-40(22(16-39)17-43-26)28(42)5-4-9-38(2)3/h4-8,10,13-15,18-19,22H,9,11-12,16-17H2,1-3H3,(H,32,34,36)/b5-4+/t22-/m1/s1. The Balaban J connectivity index is 1.10. The fraction of sp³-hybridized carbons (Fsp3) is 0.290. The quantitative estimate of drug-likeness (QED) is 0.279. The topological polar surface area (TPSA) is 126 Å². The third kappa shape index (κ3) is 5.44. The fourth-order valence-electron chi connectivity index (χ4n) is 5.47. The maximum atomic E-state index is 12.9. The molecule has 13 nitrogen and oxygen atoms in total. The van der Waals surface area contributed by atoms with E-state index in [1.54, 1.807) is 10.6 Å². The summed E-state index contributed by atoms with van der Waals surface area (Å²) >= 11 is 0. The monoisotopic (exact) mass is 592 g/mol. The second-order valence-corrected chi connectivity index (χ2v) is 11.1. The Labute approximate surface area is 253 Å². The van der Waals surface area contributed by atoms with Gasteiger partial charge in [0.15, 0.2) is 23.0 Å². The molecule has 7 rings (SSSR count). The average Bonchev–Trinajstić information content (AvgIpc) is 3.44. The average molecular weight is 593 g/mol. The predicted octanol–water partition coefficient (Wildman–Crippen LogP) is 3.44. The molecule has 0 aliphatic carbocycles. The van der Waals surface area contributed by atoms with Crippen LogP contribution in [0.15, 0.2) is 67.4 Å². The van der Waals surface area contributed by atoms with E-state index >= 15 is 0 Å². The van der Waals surface area contributed by atoms with Gasteiger partial charge in [-0.3, -0.25) is 4.79 Å². The van der Waals surface area contributed by atoms with Gasteiger partial charge in [-0.1, -0.05) is 6.08 Å². The lowest BCUT2D eigenvalue weighted by molar-refractivity contribution is -0.129. The van der Waals surface area contributed by atoms with Crippen LogP contribution in [0.2, 0.25) is 0 Å². The Morgan fingerprint density at radius 3 is 2.91 bits per heavy atom. The van der Waals surface area contributed by atoms with Crippen molar-refractivity contribution in [3.8, 4) is 17.2 Å². The van der Waals surface area contributed by atoms with Crippen molar-refractivity contribution < 1.29 is 14.3 Å². The lowest BCUT2D eigenvalue weighted by Crippen LogP contribution is -2.56. The van der Waals surface area contributed by atoms with Crippen LogP contribution in [-0.4, -0.2) is 98.2 Å². The smallest absolute Gasteiger partial charge is 0.246 e. The molecule has 4 aromatic heterocycles. The number of anilines is 3. The molecule has 5 aromatic rings. The van der Waals surface area contributed by atoms with E-state index in [1.165, 1.54) is 12.7 Å². The van der Waals surface area contributed by atoms with Crippen molar-refractivity contribution in [2.75, 3.05) is 57.1 Å². The number of carbonyl (C=O) groups excluding carboxylic acids is 1. The summed E-state index contributed by atoms with van der Waals surface area (Å²) in [6.07, 6.45) is 8.38. The molecule has 0 unspecified atom stereocenters. The summed E-state index contributed by atoms with van der Waals surface area (Å²) in [5.41, 5.74) is 3.80. The maximum Gasteiger partial charge on any atom is 0.246 e. The highest BCUT2D eigenvalue weighted by atomic mass is 16.5. The Kier molecular flexibility index (Phi) is 7.14. The van der Waals surface area contributed by atoms with E-state index in [4.69, 9.17) is 14.5 Å². The van der Waals surface area contributed by atoms with Gasteiger partial charge in [0.2, 0.25) is 5.91 Å². The number of fused-ring (bicyclic) bond motifs is 6. The number of nitrogens with one attached hydrogen (secondary N) is 1. The molecule has 0 radical (unpaired) electrons. The zero-order valence-electron chi connectivity index (χ0n) is 24.7. The molecule has 1 aromatic carbocycles. The van der Waals surface area contributed by atoms with Gasteiger partial charge in [-0.2, -0.15) is 5.10 Å². The molecule has 1 fully saturated rings. The summed E-state index contributed by atoms with van der Waals surface area (Å²) < 4.78 is 14.0. The minimum absolute atomic E-state index is 0.00429. The van der Waals surface area contributed by atoms with Crippen molar-refractivity contribution >= 4 is 39.9 Å². The third-order valence-electron chi connectivity index (χ3n) is 7.70. The first kappa shape index (κ1) is 27.5. The first-order valence-electron chi connectivity index (χ1n) is 14.4. The van der Waals surface area contributed by atoms with E-state index in [0.29, 0.717) is 66.8 Å². The lowest BCUT2D eigenvalue weighted by atomic mass is 10.1. The van der Waals surface area contributed by atoms with Gasteiger partial charge in [0, 0.05) is 56.3 Å². The van der Waals surface area contributed by atoms with Gasteiger partial charge in [0.05, 0.1) is 11.6 Å². The number of aromatic nitrogens is 6. The number of carbonyl (C=O) groups is 1. The molecule has 0 spiro atoms. The number of rotatable bonds is 7. The van der Waals surface area contributed by atoms with Gasteiger partial charge in [-0.15, -0.1) is 0 Å². The molecule has 13 heteroatoms. The predicted molar refractivity (Wildman–Crippen MR) is 166 cm³/mol. The molecule has 6 heterocycles. The summed E-state index contributed by atoms with van der Waals surface area (Å²) in [6.45, 7) is 4.98. The van der Waals surface area contributed by atoms with Crippen molar-refractivity contribution in [1.29, 1.82) is 0 Å². The highest BCUT2D eigenvalue weighted by molar-refractivity contribution is 5.90. The number of amides is 1. The molecule has 2 aliphatic heterocycles. The van der Waals surface area contributed by atoms with Crippen molar-refractivity contribution in [3.05, 3.63) is 73.0 Å². The Morgan fingerprint density at radius 2 is 2.05 bits per heavy atom. The van der Waals surface area contributed by atoms with E-state index in [9.17, 15) is 4.79 Å². The second-order valence-electron chi connectivity index (χ2n) is 11.1. The summed E-state index contributed by atoms with van der Waals surface area (Å²) in [6, 6.07) is 11.4. The molecule has 1 N–H and O–H groups in total. The summed E-state index contributed by atoms with van der Waals surface area (Å²) in [7, 11) is 3.95. The molecule has 44 heavy (non-hydrogen) atoms. The molecular weight excluding hydrogens is 560 g/mol. The van der Waals surface area contributed by atoms with E-state index in [0.717, 1.165) is 22.8 Å². The number of pyridine rings is 2. The molecule has 1 amide bonds. The largest absolute Gasteiger partial charge is 0.487 e. The van der Waals surface area contributed by atoms with Crippen LogP contribution in [-0.2, 0) is 4.79 Å². The number of aryl methyl sites for hydroxylation is 1. The van der Waals surface area contributed by atoms with Crippen LogP contribution in [0.5, 0.6) is 17.2 Å². The minimum Gasteiger partial charge on any atom is -0.487 e. The van der Waals surface area contributed by atoms with Crippen LogP contribution in [0.4, 0.5) is 17.3 Å². The fourth-order valence-corrected chi connectivity index (χ4v) is 5.47. The van der Waals surface area contributed by atoms with Gasteiger partial charge < -0.3 is 29.5 Å². The zero-order chi connectivity index (χ0) is 30.2. The van der Waals surface area contributed by atoms with Gasteiger partial charge in [0.25, 0.3) is 0 Å². The van der Waals surface area contributed by atoms with Crippen LogP contribution < -0.4 is 19.7 Å². The zero-order valence-corrected chi connectivity index (χ0v) is 24.7. The van der Waals surface area contributed by atoms with Crippen LogP contribution in [0, 0.1) is 6.92 Å². The van der Waals surface area contributed by atoms with Crippen LogP contribution in [0.3, 0.4) is 0 Å². The van der Waals surface area contributed by atoms with Crippen LogP contribution in [0.1, 0.15) is 5.56 Å². The van der Waals surface area contributed by atoms with E-state index < -0.39 is 0 Å². The molecular formula is C31H32N10O3. The highest BCUT2D eigenvalue weighted by Crippen LogP contribution is 2.36. The van der Waals surface area contributed by atoms with Gasteiger partial charge in [-0.05, 0) is 50.8 Å². The Hall–Kier alpha value is -5.30. The number of hydrogen-bond acceptors (Lipinski definition) is 11. The van der Waals surface area contributed by atoms with Gasteiger partial charge >= 0.3 is 0 Å². The van der Waals surface area contributed by atoms with Crippen molar-refractivity contribution in [3.63, 3.8) is 0 Å². The van der Waals surface area contributed by atoms with Crippen molar-refractivity contribution in [1.82, 2.24) is 39.3 Å². The summed E-state index contributed by atoms with van der Waals surface area (Å²) in [4.78, 5) is 37.2. The minimum atomic E-state index is -0.0803. The van der Waals surface area contributed by atoms with Gasteiger partial charge in [0.1, 0.15) is 36.3 Å². The molecule has 2 bridgehead atoms. The summed E-state index contributed by atoms with van der Waals surface area (Å²) in [5, 5.41) is 7.54. The highest BCUT2D eigenvalue weighted by Gasteiger charge is 2.35. The summed E-state index contributed by atoms with van der Waals surface area (Å²) in [5.74, 6) is 3.39. The molecule has 224 valence electrons. The number of likely N-dealkylation sites (N-methyl/N-ethyl adjacent to an activating group) is 1.